The zero-order valence-corrected chi connectivity index (χ0v) is 8.47. The first-order valence-corrected chi connectivity index (χ1v) is 5.05. The summed E-state index contributed by atoms with van der Waals surface area (Å²) in [6.07, 6.45) is 4.19. The summed E-state index contributed by atoms with van der Waals surface area (Å²) in [5.74, 6) is 0.881. The molecule has 0 N–H and O–H groups in total. The first-order valence-electron chi connectivity index (χ1n) is 5.05. The molecule has 1 atom stereocenters. The maximum atomic E-state index is 3.96. The lowest BCUT2D eigenvalue weighted by molar-refractivity contribution is 0.276. The second kappa shape index (κ2) is 4.66. The van der Waals surface area contributed by atoms with E-state index in [1.165, 1.54) is 37.9 Å². The summed E-state index contributed by atoms with van der Waals surface area (Å²) in [7, 11) is 0. The SMILES string of the molecule is C=C(C)CN1CCCCC(C)C1. The van der Waals surface area contributed by atoms with E-state index in [0.717, 1.165) is 12.5 Å². The largest absolute Gasteiger partial charge is 0.299 e. The van der Waals surface area contributed by atoms with Crippen LogP contribution in [0.3, 0.4) is 0 Å². The van der Waals surface area contributed by atoms with Crippen molar-refractivity contribution in [3.63, 3.8) is 0 Å². The molecule has 0 aromatic heterocycles. The molecule has 0 spiro atoms. The van der Waals surface area contributed by atoms with E-state index < -0.39 is 0 Å². The Kier molecular flexibility index (Phi) is 3.80. The van der Waals surface area contributed by atoms with Crippen molar-refractivity contribution >= 4 is 0 Å². The molecule has 0 aromatic rings. The molecule has 1 saturated heterocycles. The van der Waals surface area contributed by atoms with Crippen LogP contribution in [0.25, 0.3) is 0 Å². The molecule has 1 nitrogen and oxygen atoms in total. The molecule has 1 rings (SSSR count). The molecule has 0 saturated carbocycles. The zero-order chi connectivity index (χ0) is 8.97. The minimum absolute atomic E-state index is 0.881. The van der Waals surface area contributed by atoms with Crippen LogP contribution in [-0.4, -0.2) is 24.5 Å². The first-order chi connectivity index (χ1) is 5.68. The topological polar surface area (TPSA) is 3.24 Å². The smallest absolute Gasteiger partial charge is 0.0187 e. The van der Waals surface area contributed by atoms with Gasteiger partial charge in [-0.05, 0) is 32.2 Å². The van der Waals surface area contributed by atoms with E-state index in [1.807, 2.05) is 0 Å². The van der Waals surface area contributed by atoms with Crippen LogP contribution in [-0.2, 0) is 0 Å². The Balaban J connectivity index is 2.35. The highest BCUT2D eigenvalue weighted by atomic mass is 15.1. The Bertz CT molecular complexity index is 151. The van der Waals surface area contributed by atoms with Crippen molar-refractivity contribution < 1.29 is 0 Å². The highest BCUT2D eigenvalue weighted by Crippen LogP contribution is 2.15. The molecule has 0 bridgehead atoms. The summed E-state index contributed by atoms with van der Waals surface area (Å²) in [5, 5.41) is 0. The highest BCUT2D eigenvalue weighted by molar-refractivity contribution is 4.92. The fourth-order valence-electron chi connectivity index (χ4n) is 1.98. The Morgan fingerprint density at radius 2 is 2.25 bits per heavy atom. The van der Waals surface area contributed by atoms with Crippen LogP contribution in [0.5, 0.6) is 0 Å². The van der Waals surface area contributed by atoms with E-state index in [9.17, 15) is 0 Å². The van der Waals surface area contributed by atoms with Crippen molar-refractivity contribution in [1.29, 1.82) is 0 Å². The van der Waals surface area contributed by atoms with Crippen LogP contribution in [0.15, 0.2) is 12.2 Å². The van der Waals surface area contributed by atoms with Crippen molar-refractivity contribution in [3.8, 4) is 0 Å². The summed E-state index contributed by atoms with van der Waals surface area (Å²) in [5.41, 5.74) is 1.30. The molecule has 1 heteroatoms. The number of rotatable bonds is 2. The summed E-state index contributed by atoms with van der Waals surface area (Å²) < 4.78 is 0. The number of nitrogens with zero attached hydrogens (tertiary/aromatic N) is 1. The fraction of sp³-hybridized carbons (Fsp3) is 0.818. The van der Waals surface area contributed by atoms with Gasteiger partial charge in [0, 0.05) is 13.1 Å². The van der Waals surface area contributed by atoms with Gasteiger partial charge in [-0.3, -0.25) is 4.90 Å². The molecule has 70 valence electrons. The molecule has 1 fully saturated rings. The van der Waals surface area contributed by atoms with Gasteiger partial charge in [-0.15, -0.1) is 0 Å². The van der Waals surface area contributed by atoms with Crippen molar-refractivity contribution in [3.05, 3.63) is 12.2 Å². The molecule has 0 amide bonds. The molecular formula is C11H21N. The van der Waals surface area contributed by atoms with Crippen LogP contribution >= 0.6 is 0 Å². The Labute approximate surface area is 76.5 Å². The highest BCUT2D eigenvalue weighted by Gasteiger charge is 2.13. The van der Waals surface area contributed by atoms with Gasteiger partial charge >= 0.3 is 0 Å². The molecule has 0 aliphatic carbocycles. The van der Waals surface area contributed by atoms with Gasteiger partial charge < -0.3 is 0 Å². The molecule has 0 aromatic carbocycles. The molecule has 0 radical (unpaired) electrons. The third-order valence-electron chi connectivity index (χ3n) is 2.48. The molecule has 1 aliphatic heterocycles. The van der Waals surface area contributed by atoms with Gasteiger partial charge in [0.1, 0.15) is 0 Å². The third-order valence-corrected chi connectivity index (χ3v) is 2.48. The van der Waals surface area contributed by atoms with E-state index in [-0.39, 0.29) is 0 Å². The van der Waals surface area contributed by atoms with E-state index in [4.69, 9.17) is 0 Å². The lowest BCUT2D eigenvalue weighted by atomic mass is 10.1. The van der Waals surface area contributed by atoms with Gasteiger partial charge in [-0.1, -0.05) is 25.5 Å². The van der Waals surface area contributed by atoms with Crippen molar-refractivity contribution in [2.45, 2.75) is 33.1 Å². The van der Waals surface area contributed by atoms with Crippen LogP contribution in [0.1, 0.15) is 33.1 Å². The zero-order valence-electron chi connectivity index (χ0n) is 8.47. The van der Waals surface area contributed by atoms with Gasteiger partial charge in [-0.2, -0.15) is 0 Å². The van der Waals surface area contributed by atoms with Gasteiger partial charge in [0.25, 0.3) is 0 Å². The Morgan fingerprint density at radius 3 is 2.92 bits per heavy atom. The standard InChI is InChI=1S/C11H21N/c1-10(2)8-12-7-5-4-6-11(3)9-12/h11H,1,4-9H2,2-3H3. The van der Waals surface area contributed by atoms with Crippen molar-refractivity contribution in [2.75, 3.05) is 19.6 Å². The normalized spacial score (nSPS) is 26.7. The monoisotopic (exact) mass is 167 g/mol. The van der Waals surface area contributed by atoms with Crippen LogP contribution < -0.4 is 0 Å². The van der Waals surface area contributed by atoms with E-state index in [0.29, 0.717) is 0 Å². The summed E-state index contributed by atoms with van der Waals surface area (Å²) in [6, 6.07) is 0. The quantitative estimate of drug-likeness (QED) is 0.572. The fourth-order valence-corrected chi connectivity index (χ4v) is 1.98. The average Bonchev–Trinajstić information content (AvgIpc) is 2.12. The van der Waals surface area contributed by atoms with E-state index >= 15 is 0 Å². The molecule has 12 heavy (non-hydrogen) atoms. The molecule has 1 aliphatic rings. The second-order valence-electron chi connectivity index (χ2n) is 4.29. The summed E-state index contributed by atoms with van der Waals surface area (Å²) in [6.45, 7) is 12.1. The van der Waals surface area contributed by atoms with E-state index in [2.05, 4.69) is 25.3 Å². The summed E-state index contributed by atoms with van der Waals surface area (Å²) in [4.78, 5) is 2.54. The minimum atomic E-state index is 0.881. The predicted octanol–water partition coefficient (Wildman–Crippen LogP) is 2.68. The van der Waals surface area contributed by atoms with Crippen molar-refractivity contribution in [1.82, 2.24) is 4.90 Å². The molecule has 1 heterocycles. The first kappa shape index (κ1) is 9.79. The average molecular weight is 167 g/mol. The Morgan fingerprint density at radius 1 is 1.50 bits per heavy atom. The van der Waals surface area contributed by atoms with Gasteiger partial charge in [0.05, 0.1) is 0 Å². The molecule has 1 unspecified atom stereocenters. The minimum Gasteiger partial charge on any atom is -0.299 e. The van der Waals surface area contributed by atoms with Crippen LogP contribution in [0.2, 0.25) is 0 Å². The lowest BCUT2D eigenvalue weighted by Crippen LogP contribution is -2.28. The predicted molar refractivity (Wildman–Crippen MR) is 54.3 cm³/mol. The number of likely N-dealkylation sites (tertiary alicyclic amines) is 1. The number of hydrogen-bond acceptors (Lipinski definition) is 1. The lowest BCUT2D eigenvalue weighted by Gasteiger charge is -2.22. The maximum absolute atomic E-state index is 3.96. The Hall–Kier alpha value is -0.300. The maximum Gasteiger partial charge on any atom is 0.0187 e. The van der Waals surface area contributed by atoms with Gasteiger partial charge in [0.2, 0.25) is 0 Å². The van der Waals surface area contributed by atoms with Crippen LogP contribution in [0.4, 0.5) is 0 Å². The van der Waals surface area contributed by atoms with Gasteiger partial charge in [0.15, 0.2) is 0 Å². The number of hydrogen-bond donors (Lipinski definition) is 0. The second-order valence-corrected chi connectivity index (χ2v) is 4.29. The van der Waals surface area contributed by atoms with Crippen molar-refractivity contribution in [2.24, 2.45) is 5.92 Å². The van der Waals surface area contributed by atoms with Crippen LogP contribution in [0, 0.1) is 5.92 Å². The third kappa shape index (κ3) is 3.40. The molecular weight excluding hydrogens is 146 g/mol. The van der Waals surface area contributed by atoms with E-state index in [1.54, 1.807) is 0 Å². The van der Waals surface area contributed by atoms with Gasteiger partial charge in [-0.25, -0.2) is 0 Å². The summed E-state index contributed by atoms with van der Waals surface area (Å²) >= 11 is 0.